The van der Waals surface area contributed by atoms with Gasteiger partial charge >= 0.3 is 6.03 Å². The van der Waals surface area contributed by atoms with Crippen molar-refractivity contribution in [2.75, 3.05) is 18.6 Å². The number of amides is 4. The molecule has 4 amide bonds. The standard InChI is InChI=1S/C13H13BrN2O3S/c1-20-6-5-16-12(18)10(11(17)15-13(16)19)8-3-2-4-9(14)7-8/h2-4,7,10H,5-6H2,1H3,(H,15,17,19). The highest BCUT2D eigenvalue weighted by molar-refractivity contribution is 9.10. The zero-order chi connectivity index (χ0) is 14.7. The lowest BCUT2D eigenvalue weighted by Gasteiger charge is -2.30. The Morgan fingerprint density at radius 3 is 2.75 bits per heavy atom. The van der Waals surface area contributed by atoms with E-state index in [1.165, 1.54) is 11.8 Å². The molecule has 7 heteroatoms. The number of nitrogens with zero attached hydrogens (tertiary/aromatic N) is 1. The van der Waals surface area contributed by atoms with Gasteiger partial charge in [0, 0.05) is 16.8 Å². The Balaban J connectivity index is 2.29. The first-order valence-corrected chi connectivity index (χ1v) is 8.14. The van der Waals surface area contributed by atoms with Crippen LogP contribution in [0.3, 0.4) is 0 Å². The van der Waals surface area contributed by atoms with Crippen LogP contribution < -0.4 is 5.32 Å². The summed E-state index contributed by atoms with van der Waals surface area (Å²) >= 11 is 4.84. The Hall–Kier alpha value is -1.34. The van der Waals surface area contributed by atoms with Crippen LogP contribution >= 0.6 is 27.7 Å². The number of halogens is 1. The average Bonchev–Trinajstić information content (AvgIpc) is 2.38. The van der Waals surface area contributed by atoms with Crippen molar-refractivity contribution in [3.8, 4) is 0 Å². The van der Waals surface area contributed by atoms with Crippen LogP contribution in [0.15, 0.2) is 28.7 Å². The molecule has 0 aromatic heterocycles. The topological polar surface area (TPSA) is 66.5 Å². The highest BCUT2D eigenvalue weighted by Gasteiger charge is 2.40. The van der Waals surface area contributed by atoms with Crippen molar-refractivity contribution < 1.29 is 14.4 Å². The summed E-state index contributed by atoms with van der Waals surface area (Å²) in [6.07, 6.45) is 1.89. The zero-order valence-electron chi connectivity index (χ0n) is 10.8. The summed E-state index contributed by atoms with van der Waals surface area (Å²) in [5, 5.41) is 2.24. The number of urea groups is 1. The largest absolute Gasteiger partial charge is 0.330 e. The number of imide groups is 2. The fraction of sp³-hybridized carbons (Fsp3) is 0.308. The van der Waals surface area contributed by atoms with Gasteiger partial charge in [-0.05, 0) is 24.0 Å². The maximum absolute atomic E-state index is 12.4. The molecule has 1 saturated heterocycles. The van der Waals surface area contributed by atoms with Gasteiger partial charge in [0.05, 0.1) is 0 Å². The van der Waals surface area contributed by atoms with Crippen molar-refractivity contribution in [1.29, 1.82) is 0 Å². The normalized spacial score (nSPS) is 19.2. The molecule has 1 aromatic rings. The molecule has 1 aromatic carbocycles. The van der Waals surface area contributed by atoms with E-state index in [2.05, 4.69) is 21.2 Å². The molecule has 1 unspecified atom stereocenters. The molecule has 1 atom stereocenters. The van der Waals surface area contributed by atoms with E-state index in [0.717, 1.165) is 9.37 Å². The second kappa shape index (κ2) is 6.41. The number of carbonyl (C=O) groups is 3. The molecule has 1 aliphatic rings. The summed E-state index contributed by atoms with van der Waals surface area (Å²) < 4.78 is 0.781. The van der Waals surface area contributed by atoms with Crippen molar-refractivity contribution in [3.63, 3.8) is 0 Å². The van der Waals surface area contributed by atoms with Gasteiger partial charge in [0.1, 0.15) is 5.92 Å². The van der Waals surface area contributed by atoms with Crippen LogP contribution in [0, 0.1) is 0 Å². The van der Waals surface area contributed by atoms with Crippen LogP contribution in [-0.2, 0) is 9.59 Å². The number of barbiturate groups is 1. The van der Waals surface area contributed by atoms with Crippen molar-refractivity contribution >= 4 is 45.5 Å². The molecular formula is C13H13BrN2O3S. The molecule has 20 heavy (non-hydrogen) atoms. The number of nitrogens with one attached hydrogen (secondary N) is 1. The van der Waals surface area contributed by atoms with Crippen LogP contribution in [0.2, 0.25) is 0 Å². The van der Waals surface area contributed by atoms with Gasteiger partial charge in [-0.25, -0.2) is 4.79 Å². The number of benzene rings is 1. The monoisotopic (exact) mass is 356 g/mol. The third-order valence-corrected chi connectivity index (χ3v) is 4.04. The lowest BCUT2D eigenvalue weighted by atomic mass is 9.95. The Labute approximate surface area is 129 Å². The second-order valence-electron chi connectivity index (χ2n) is 4.27. The molecule has 0 aliphatic carbocycles. The lowest BCUT2D eigenvalue weighted by Crippen LogP contribution is -2.57. The predicted molar refractivity (Wildman–Crippen MR) is 80.5 cm³/mol. The molecule has 0 spiro atoms. The Morgan fingerprint density at radius 2 is 2.10 bits per heavy atom. The molecule has 5 nitrogen and oxygen atoms in total. The summed E-state index contributed by atoms with van der Waals surface area (Å²) in [6, 6.07) is 6.34. The first kappa shape index (κ1) is 15.1. The summed E-state index contributed by atoms with van der Waals surface area (Å²) in [5.41, 5.74) is 0.573. The summed E-state index contributed by atoms with van der Waals surface area (Å²) in [7, 11) is 0. The zero-order valence-corrected chi connectivity index (χ0v) is 13.2. The van der Waals surface area contributed by atoms with E-state index in [4.69, 9.17) is 0 Å². The van der Waals surface area contributed by atoms with Gasteiger partial charge in [0.15, 0.2) is 0 Å². The molecule has 2 rings (SSSR count). The number of rotatable bonds is 4. The van der Waals surface area contributed by atoms with E-state index < -0.39 is 23.8 Å². The highest BCUT2D eigenvalue weighted by Crippen LogP contribution is 2.25. The van der Waals surface area contributed by atoms with Crippen LogP contribution in [0.1, 0.15) is 11.5 Å². The fourth-order valence-electron chi connectivity index (χ4n) is 1.99. The molecule has 106 valence electrons. The van der Waals surface area contributed by atoms with Gasteiger partial charge in [-0.3, -0.25) is 19.8 Å². The van der Waals surface area contributed by atoms with Crippen LogP contribution in [-0.4, -0.2) is 41.3 Å². The van der Waals surface area contributed by atoms with E-state index in [1.807, 2.05) is 12.3 Å². The molecule has 1 fully saturated rings. The highest BCUT2D eigenvalue weighted by atomic mass is 79.9. The van der Waals surface area contributed by atoms with Crippen molar-refractivity contribution in [1.82, 2.24) is 10.2 Å². The van der Waals surface area contributed by atoms with Crippen LogP contribution in [0.4, 0.5) is 4.79 Å². The Morgan fingerprint density at radius 1 is 1.35 bits per heavy atom. The van der Waals surface area contributed by atoms with E-state index >= 15 is 0 Å². The maximum Gasteiger partial charge on any atom is 0.330 e. The van der Waals surface area contributed by atoms with E-state index in [9.17, 15) is 14.4 Å². The van der Waals surface area contributed by atoms with Gasteiger partial charge in [-0.1, -0.05) is 28.1 Å². The SMILES string of the molecule is CSCCN1C(=O)NC(=O)C(c2cccc(Br)c2)C1=O. The van der Waals surface area contributed by atoms with Gasteiger partial charge < -0.3 is 0 Å². The number of hydrogen-bond acceptors (Lipinski definition) is 4. The number of carbonyl (C=O) groups excluding carboxylic acids is 3. The number of hydrogen-bond donors (Lipinski definition) is 1. The lowest BCUT2D eigenvalue weighted by molar-refractivity contribution is -0.138. The van der Waals surface area contributed by atoms with Crippen LogP contribution in [0.25, 0.3) is 0 Å². The summed E-state index contributed by atoms with van der Waals surface area (Å²) in [4.78, 5) is 37.1. The molecule has 0 radical (unpaired) electrons. The average molecular weight is 357 g/mol. The summed E-state index contributed by atoms with van der Waals surface area (Å²) in [6.45, 7) is 0.295. The van der Waals surface area contributed by atoms with Gasteiger partial charge in [0.25, 0.3) is 0 Å². The Bertz CT molecular complexity index is 564. The Kier molecular flexibility index (Phi) is 4.82. The minimum atomic E-state index is -0.966. The van der Waals surface area contributed by atoms with Gasteiger partial charge in [-0.15, -0.1) is 0 Å². The fourth-order valence-corrected chi connectivity index (χ4v) is 2.77. The summed E-state index contributed by atoms with van der Waals surface area (Å²) in [5.74, 6) is -1.37. The van der Waals surface area contributed by atoms with Gasteiger partial charge in [-0.2, -0.15) is 11.8 Å². The van der Waals surface area contributed by atoms with E-state index in [1.54, 1.807) is 18.2 Å². The van der Waals surface area contributed by atoms with E-state index in [0.29, 0.717) is 17.9 Å². The number of thioether (sulfide) groups is 1. The van der Waals surface area contributed by atoms with Crippen molar-refractivity contribution in [2.24, 2.45) is 0 Å². The molecule has 1 heterocycles. The van der Waals surface area contributed by atoms with Crippen molar-refractivity contribution in [3.05, 3.63) is 34.3 Å². The minimum Gasteiger partial charge on any atom is -0.277 e. The third-order valence-electron chi connectivity index (χ3n) is 2.95. The first-order valence-electron chi connectivity index (χ1n) is 5.95. The third kappa shape index (κ3) is 3.04. The molecule has 0 saturated carbocycles. The molecule has 0 bridgehead atoms. The van der Waals surface area contributed by atoms with Crippen molar-refractivity contribution in [2.45, 2.75) is 5.92 Å². The van der Waals surface area contributed by atoms with Gasteiger partial charge in [0.2, 0.25) is 11.8 Å². The second-order valence-corrected chi connectivity index (χ2v) is 6.17. The molecular weight excluding hydrogens is 344 g/mol. The minimum absolute atomic E-state index is 0.295. The smallest absolute Gasteiger partial charge is 0.277 e. The van der Waals surface area contributed by atoms with Crippen LogP contribution in [0.5, 0.6) is 0 Å². The predicted octanol–water partition coefficient (Wildman–Crippen LogP) is 1.97. The molecule has 1 N–H and O–H groups in total. The first-order chi connectivity index (χ1) is 9.54. The maximum atomic E-state index is 12.4. The quantitative estimate of drug-likeness (QED) is 0.837. The van der Waals surface area contributed by atoms with E-state index in [-0.39, 0.29) is 0 Å². The molecule has 1 aliphatic heterocycles.